The molecule has 0 fully saturated rings. The van der Waals surface area contributed by atoms with E-state index in [1.54, 1.807) is 18.5 Å². The normalized spacial score (nSPS) is 10.3. The number of hydrogen-bond donors (Lipinski definition) is 2. The SMILES string of the molecule is CN(C)c1ccc(NC(=O)c2cn(CCN)nn2)cn1. The van der Waals surface area contributed by atoms with Crippen molar-refractivity contribution in [2.75, 3.05) is 30.9 Å². The maximum atomic E-state index is 12.0. The van der Waals surface area contributed by atoms with Crippen LogP contribution in [-0.4, -0.2) is 46.5 Å². The molecule has 0 radical (unpaired) electrons. The van der Waals surface area contributed by atoms with Gasteiger partial charge in [-0.15, -0.1) is 5.10 Å². The van der Waals surface area contributed by atoms with Gasteiger partial charge < -0.3 is 16.0 Å². The first-order chi connectivity index (χ1) is 9.60. The van der Waals surface area contributed by atoms with Crippen LogP contribution in [0.25, 0.3) is 0 Å². The van der Waals surface area contributed by atoms with E-state index in [0.29, 0.717) is 18.8 Å². The van der Waals surface area contributed by atoms with Crippen molar-refractivity contribution in [1.82, 2.24) is 20.0 Å². The lowest BCUT2D eigenvalue weighted by Gasteiger charge is -2.11. The molecule has 106 valence electrons. The zero-order valence-corrected chi connectivity index (χ0v) is 11.4. The minimum absolute atomic E-state index is 0.245. The molecule has 0 unspecified atom stereocenters. The fourth-order valence-electron chi connectivity index (χ4n) is 1.56. The van der Waals surface area contributed by atoms with E-state index in [1.807, 2.05) is 25.1 Å². The third-order valence-electron chi connectivity index (χ3n) is 2.59. The number of anilines is 2. The number of nitrogens with two attached hydrogens (primary N) is 1. The van der Waals surface area contributed by atoms with Crippen LogP contribution in [0.3, 0.4) is 0 Å². The second-order valence-electron chi connectivity index (χ2n) is 4.41. The molecule has 0 bridgehead atoms. The second kappa shape index (κ2) is 6.11. The van der Waals surface area contributed by atoms with E-state index in [-0.39, 0.29) is 11.6 Å². The number of pyridine rings is 1. The van der Waals surface area contributed by atoms with Gasteiger partial charge in [0.05, 0.1) is 24.6 Å². The maximum absolute atomic E-state index is 12.0. The Morgan fingerprint density at radius 1 is 1.45 bits per heavy atom. The number of nitrogens with one attached hydrogen (secondary N) is 1. The Hall–Kier alpha value is -2.48. The molecule has 0 aliphatic heterocycles. The summed E-state index contributed by atoms with van der Waals surface area (Å²) in [6, 6.07) is 3.60. The first kappa shape index (κ1) is 13.9. The molecule has 0 saturated carbocycles. The van der Waals surface area contributed by atoms with Crippen LogP contribution in [0.5, 0.6) is 0 Å². The summed E-state index contributed by atoms with van der Waals surface area (Å²) in [5, 5.41) is 10.3. The molecule has 0 aromatic carbocycles. The van der Waals surface area contributed by atoms with Gasteiger partial charge in [-0.2, -0.15) is 0 Å². The Labute approximate surface area is 116 Å². The molecule has 8 nitrogen and oxygen atoms in total. The van der Waals surface area contributed by atoms with E-state index >= 15 is 0 Å². The van der Waals surface area contributed by atoms with Gasteiger partial charge in [0.25, 0.3) is 5.91 Å². The fraction of sp³-hybridized carbons (Fsp3) is 0.333. The highest BCUT2D eigenvalue weighted by Gasteiger charge is 2.11. The number of rotatable bonds is 5. The van der Waals surface area contributed by atoms with E-state index in [1.165, 1.54) is 4.68 Å². The van der Waals surface area contributed by atoms with Gasteiger partial charge in [0, 0.05) is 20.6 Å². The highest BCUT2D eigenvalue weighted by Crippen LogP contribution is 2.12. The average Bonchev–Trinajstić information content (AvgIpc) is 2.88. The van der Waals surface area contributed by atoms with Crippen LogP contribution >= 0.6 is 0 Å². The molecule has 8 heteroatoms. The number of amides is 1. The van der Waals surface area contributed by atoms with Crippen LogP contribution in [0.15, 0.2) is 24.5 Å². The smallest absolute Gasteiger partial charge is 0.277 e. The summed E-state index contributed by atoms with van der Waals surface area (Å²) < 4.78 is 1.53. The topological polar surface area (TPSA) is 102 Å². The van der Waals surface area contributed by atoms with Crippen molar-refractivity contribution in [2.45, 2.75) is 6.54 Å². The molecule has 2 aromatic rings. The summed E-state index contributed by atoms with van der Waals surface area (Å²) in [4.78, 5) is 18.0. The van der Waals surface area contributed by atoms with Crippen LogP contribution < -0.4 is 16.0 Å². The van der Waals surface area contributed by atoms with Crippen molar-refractivity contribution in [3.05, 3.63) is 30.2 Å². The third kappa shape index (κ3) is 3.29. The van der Waals surface area contributed by atoms with Gasteiger partial charge in [0.15, 0.2) is 5.69 Å². The molecule has 2 rings (SSSR count). The Morgan fingerprint density at radius 2 is 2.25 bits per heavy atom. The minimum atomic E-state index is -0.326. The summed E-state index contributed by atoms with van der Waals surface area (Å²) in [5.74, 6) is 0.490. The Morgan fingerprint density at radius 3 is 2.85 bits per heavy atom. The number of carbonyl (C=O) groups is 1. The molecule has 0 aliphatic carbocycles. The van der Waals surface area contributed by atoms with Gasteiger partial charge in [-0.25, -0.2) is 4.98 Å². The van der Waals surface area contributed by atoms with Gasteiger partial charge in [-0.1, -0.05) is 5.21 Å². The molecule has 2 heterocycles. The zero-order valence-electron chi connectivity index (χ0n) is 11.4. The highest BCUT2D eigenvalue weighted by molar-refractivity contribution is 6.02. The lowest BCUT2D eigenvalue weighted by atomic mass is 10.3. The number of aromatic nitrogens is 4. The minimum Gasteiger partial charge on any atom is -0.363 e. The fourth-order valence-corrected chi connectivity index (χ4v) is 1.56. The van der Waals surface area contributed by atoms with E-state index < -0.39 is 0 Å². The van der Waals surface area contributed by atoms with E-state index in [9.17, 15) is 4.79 Å². The molecule has 0 aliphatic rings. The van der Waals surface area contributed by atoms with Crippen LogP contribution in [0.2, 0.25) is 0 Å². The standard InChI is InChI=1S/C12H17N7O/c1-18(2)11-4-3-9(7-14-11)15-12(20)10-8-19(6-5-13)17-16-10/h3-4,7-8H,5-6,13H2,1-2H3,(H,15,20). The molecule has 2 aromatic heterocycles. The highest BCUT2D eigenvalue weighted by atomic mass is 16.2. The first-order valence-corrected chi connectivity index (χ1v) is 6.15. The van der Waals surface area contributed by atoms with Crippen molar-refractivity contribution in [3.8, 4) is 0 Å². The first-order valence-electron chi connectivity index (χ1n) is 6.15. The van der Waals surface area contributed by atoms with E-state index in [2.05, 4.69) is 20.6 Å². The van der Waals surface area contributed by atoms with E-state index in [0.717, 1.165) is 5.82 Å². The maximum Gasteiger partial charge on any atom is 0.277 e. The van der Waals surface area contributed by atoms with Gasteiger partial charge >= 0.3 is 0 Å². The second-order valence-corrected chi connectivity index (χ2v) is 4.41. The van der Waals surface area contributed by atoms with Gasteiger partial charge in [0.1, 0.15) is 5.82 Å². The average molecular weight is 275 g/mol. The van der Waals surface area contributed by atoms with Gasteiger partial charge in [-0.05, 0) is 12.1 Å². The quantitative estimate of drug-likeness (QED) is 0.793. The van der Waals surface area contributed by atoms with Crippen molar-refractivity contribution < 1.29 is 4.79 Å². The molecule has 20 heavy (non-hydrogen) atoms. The lowest BCUT2D eigenvalue weighted by molar-refractivity contribution is 0.102. The van der Waals surface area contributed by atoms with Crippen LogP contribution in [0, 0.1) is 0 Å². The van der Waals surface area contributed by atoms with Crippen molar-refractivity contribution in [2.24, 2.45) is 5.73 Å². The van der Waals surface area contributed by atoms with Gasteiger partial charge in [-0.3, -0.25) is 9.48 Å². The summed E-state index contributed by atoms with van der Waals surface area (Å²) in [5.41, 5.74) is 6.26. The van der Waals surface area contributed by atoms with Crippen molar-refractivity contribution in [3.63, 3.8) is 0 Å². The van der Waals surface area contributed by atoms with Crippen LogP contribution in [0.4, 0.5) is 11.5 Å². The van der Waals surface area contributed by atoms with Crippen molar-refractivity contribution >= 4 is 17.4 Å². The molecule has 3 N–H and O–H groups in total. The number of hydrogen-bond acceptors (Lipinski definition) is 6. The van der Waals surface area contributed by atoms with Crippen LogP contribution in [0.1, 0.15) is 10.5 Å². The summed E-state index contributed by atoms with van der Waals surface area (Å²) >= 11 is 0. The predicted molar refractivity (Wildman–Crippen MR) is 75.6 cm³/mol. The molecular weight excluding hydrogens is 258 g/mol. The molecule has 0 atom stereocenters. The van der Waals surface area contributed by atoms with Crippen molar-refractivity contribution in [1.29, 1.82) is 0 Å². The van der Waals surface area contributed by atoms with Crippen LogP contribution in [-0.2, 0) is 6.54 Å². The Kier molecular flexibility index (Phi) is 4.26. The summed E-state index contributed by atoms with van der Waals surface area (Å²) in [6.07, 6.45) is 3.15. The predicted octanol–water partition coefficient (Wildman–Crippen LogP) is -0.0499. The molecule has 0 spiro atoms. The number of nitrogens with zero attached hydrogens (tertiary/aromatic N) is 5. The lowest BCUT2D eigenvalue weighted by Crippen LogP contribution is -2.14. The molecular formula is C12H17N7O. The summed E-state index contributed by atoms with van der Waals surface area (Å²) in [7, 11) is 3.80. The van der Waals surface area contributed by atoms with E-state index in [4.69, 9.17) is 5.73 Å². The molecule has 0 saturated heterocycles. The third-order valence-corrected chi connectivity index (χ3v) is 2.59. The Balaban J connectivity index is 2.03. The summed E-state index contributed by atoms with van der Waals surface area (Å²) in [6.45, 7) is 0.972. The number of carbonyl (C=O) groups excluding carboxylic acids is 1. The van der Waals surface area contributed by atoms with Gasteiger partial charge in [0.2, 0.25) is 0 Å². The largest absolute Gasteiger partial charge is 0.363 e. The monoisotopic (exact) mass is 275 g/mol. The zero-order chi connectivity index (χ0) is 14.5. The molecule has 1 amide bonds. The Bertz CT molecular complexity index is 576.